The Kier molecular flexibility index (Phi) is 5.12. The van der Waals surface area contributed by atoms with Crippen LogP contribution in [-0.2, 0) is 12.8 Å². The Labute approximate surface area is 173 Å². The monoisotopic (exact) mass is 405 g/mol. The molecule has 2 N–H and O–H groups in total. The summed E-state index contributed by atoms with van der Waals surface area (Å²) in [6, 6.07) is 15.7. The van der Waals surface area contributed by atoms with E-state index in [1.165, 1.54) is 4.88 Å². The molecule has 3 aromatic rings. The molecule has 0 aliphatic heterocycles. The first kappa shape index (κ1) is 18.6. The van der Waals surface area contributed by atoms with E-state index in [0.717, 1.165) is 40.6 Å². The second-order valence-electron chi connectivity index (χ2n) is 7.10. The van der Waals surface area contributed by atoms with Crippen molar-refractivity contribution in [3.8, 4) is 6.07 Å². The van der Waals surface area contributed by atoms with Gasteiger partial charge in [0.05, 0.1) is 5.56 Å². The van der Waals surface area contributed by atoms with Crippen molar-refractivity contribution in [1.82, 2.24) is 5.32 Å². The molecule has 1 heterocycles. The average Bonchev–Trinajstić information content (AvgIpc) is 3.03. The highest BCUT2D eigenvalue weighted by Crippen LogP contribution is 2.39. The van der Waals surface area contributed by atoms with Crippen molar-refractivity contribution in [3.05, 3.63) is 64.0 Å². The number of hydrogen-bond acceptors (Lipinski definition) is 4. The van der Waals surface area contributed by atoms with Gasteiger partial charge in [-0.1, -0.05) is 43.3 Å². The Balaban J connectivity index is 1.54. The standard InChI is InChI=1S/C22H19N3OS2/c1-13-9-10-16-18(12-23)21(28-19(16)11-13)25-22(27)24-20(26)17-8-4-6-14-5-2-3-7-15(14)17/h2-8,13H,9-11H2,1H3,(H2,24,25,26,27)/t13-/m1/s1. The van der Waals surface area contributed by atoms with Gasteiger partial charge in [0.15, 0.2) is 5.11 Å². The Bertz CT molecular complexity index is 1120. The SMILES string of the molecule is C[C@@H]1CCc2c(sc(NC(=S)NC(=O)c3cccc4ccccc34)c2C#N)C1. The largest absolute Gasteiger partial charge is 0.323 e. The third kappa shape index (κ3) is 3.51. The van der Waals surface area contributed by atoms with Crippen LogP contribution in [0.25, 0.3) is 10.8 Å². The number of amides is 1. The average molecular weight is 406 g/mol. The normalized spacial score (nSPS) is 15.5. The van der Waals surface area contributed by atoms with E-state index in [9.17, 15) is 10.1 Å². The van der Waals surface area contributed by atoms with Gasteiger partial charge in [0, 0.05) is 10.4 Å². The molecular formula is C22H19N3OS2. The maximum atomic E-state index is 12.8. The number of nitriles is 1. The van der Waals surface area contributed by atoms with Crippen molar-refractivity contribution < 1.29 is 4.79 Å². The van der Waals surface area contributed by atoms with Gasteiger partial charge in [0.25, 0.3) is 5.91 Å². The highest BCUT2D eigenvalue weighted by atomic mass is 32.1. The van der Waals surface area contributed by atoms with Crippen molar-refractivity contribution in [2.75, 3.05) is 5.32 Å². The van der Waals surface area contributed by atoms with E-state index in [2.05, 4.69) is 23.6 Å². The number of anilines is 1. The van der Waals surface area contributed by atoms with Crippen molar-refractivity contribution in [2.45, 2.75) is 26.2 Å². The summed E-state index contributed by atoms with van der Waals surface area (Å²) in [5.41, 5.74) is 2.37. The molecule has 140 valence electrons. The van der Waals surface area contributed by atoms with Gasteiger partial charge in [-0.2, -0.15) is 5.26 Å². The van der Waals surface area contributed by atoms with Crippen LogP contribution in [-0.4, -0.2) is 11.0 Å². The van der Waals surface area contributed by atoms with Crippen LogP contribution in [0.3, 0.4) is 0 Å². The number of thiocarbonyl (C=S) groups is 1. The smallest absolute Gasteiger partial charge is 0.258 e. The Morgan fingerprint density at radius 1 is 1.25 bits per heavy atom. The number of fused-ring (bicyclic) bond motifs is 2. The second-order valence-corrected chi connectivity index (χ2v) is 8.62. The van der Waals surface area contributed by atoms with Gasteiger partial charge >= 0.3 is 0 Å². The van der Waals surface area contributed by atoms with Crippen molar-refractivity contribution in [2.24, 2.45) is 5.92 Å². The lowest BCUT2D eigenvalue weighted by atomic mass is 9.89. The van der Waals surface area contributed by atoms with Crippen LogP contribution in [0.1, 0.15) is 39.7 Å². The highest BCUT2D eigenvalue weighted by molar-refractivity contribution is 7.80. The molecule has 0 bridgehead atoms. The third-order valence-corrected chi connectivity index (χ3v) is 6.49. The number of nitrogens with one attached hydrogen (secondary N) is 2. The topological polar surface area (TPSA) is 64.9 Å². The molecule has 6 heteroatoms. The van der Waals surface area contributed by atoms with E-state index in [1.54, 1.807) is 17.4 Å². The van der Waals surface area contributed by atoms with E-state index in [1.807, 2.05) is 36.4 Å². The van der Waals surface area contributed by atoms with Crippen LogP contribution in [0.2, 0.25) is 0 Å². The molecule has 0 fully saturated rings. The van der Waals surface area contributed by atoms with Gasteiger partial charge in [-0.3, -0.25) is 10.1 Å². The highest BCUT2D eigenvalue weighted by Gasteiger charge is 2.24. The molecule has 0 saturated heterocycles. The lowest BCUT2D eigenvalue weighted by Gasteiger charge is -2.17. The summed E-state index contributed by atoms with van der Waals surface area (Å²) in [4.78, 5) is 14.0. The molecule has 0 unspecified atom stereocenters. The minimum absolute atomic E-state index is 0.209. The first-order chi connectivity index (χ1) is 13.6. The van der Waals surface area contributed by atoms with Gasteiger partial charge in [-0.05, 0) is 59.8 Å². The zero-order chi connectivity index (χ0) is 19.7. The number of hydrogen-bond donors (Lipinski definition) is 2. The Morgan fingerprint density at radius 2 is 2.04 bits per heavy atom. The lowest BCUT2D eigenvalue weighted by molar-refractivity contribution is 0.0979. The van der Waals surface area contributed by atoms with E-state index in [-0.39, 0.29) is 11.0 Å². The predicted octanol–water partition coefficient (Wildman–Crippen LogP) is 5.02. The second kappa shape index (κ2) is 7.70. The lowest BCUT2D eigenvalue weighted by Crippen LogP contribution is -2.34. The van der Waals surface area contributed by atoms with Crippen LogP contribution < -0.4 is 10.6 Å². The van der Waals surface area contributed by atoms with Gasteiger partial charge in [0.2, 0.25) is 0 Å². The molecule has 28 heavy (non-hydrogen) atoms. The van der Waals surface area contributed by atoms with Crippen LogP contribution in [0.5, 0.6) is 0 Å². The summed E-state index contributed by atoms with van der Waals surface area (Å²) in [5.74, 6) is 0.367. The van der Waals surface area contributed by atoms with E-state index in [4.69, 9.17) is 12.2 Å². The molecular weight excluding hydrogens is 386 g/mol. The molecule has 2 aromatic carbocycles. The zero-order valence-electron chi connectivity index (χ0n) is 15.4. The summed E-state index contributed by atoms with van der Waals surface area (Å²) in [5, 5.41) is 18.3. The number of carbonyl (C=O) groups excluding carboxylic acids is 1. The number of benzene rings is 2. The van der Waals surface area contributed by atoms with Crippen molar-refractivity contribution >= 4 is 50.3 Å². The molecule has 1 amide bonds. The number of rotatable bonds is 2. The fourth-order valence-corrected chi connectivity index (χ4v) is 5.31. The number of thiophene rings is 1. The Hall–Kier alpha value is -2.75. The first-order valence-corrected chi connectivity index (χ1v) is 10.4. The predicted molar refractivity (Wildman–Crippen MR) is 118 cm³/mol. The maximum Gasteiger partial charge on any atom is 0.258 e. The van der Waals surface area contributed by atoms with Gasteiger partial charge in [0.1, 0.15) is 11.1 Å². The molecule has 1 aliphatic rings. The van der Waals surface area contributed by atoms with Crippen LogP contribution in [0.15, 0.2) is 42.5 Å². The zero-order valence-corrected chi connectivity index (χ0v) is 17.0. The van der Waals surface area contributed by atoms with E-state index >= 15 is 0 Å². The summed E-state index contributed by atoms with van der Waals surface area (Å²) >= 11 is 6.93. The first-order valence-electron chi connectivity index (χ1n) is 9.21. The molecule has 4 rings (SSSR count). The van der Waals surface area contributed by atoms with Gasteiger partial charge < -0.3 is 5.32 Å². The summed E-state index contributed by atoms with van der Waals surface area (Å²) < 4.78 is 0. The minimum atomic E-state index is -0.261. The molecule has 0 saturated carbocycles. The van der Waals surface area contributed by atoms with Crippen LogP contribution >= 0.6 is 23.6 Å². The van der Waals surface area contributed by atoms with E-state index < -0.39 is 0 Å². The molecule has 1 aromatic heterocycles. The number of nitrogens with zero attached hydrogens (tertiary/aromatic N) is 1. The quantitative estimate of drug-likeness (QED) is 0.587. The van der Waals surface area contributed by atoms with Crippen molar-refractivity contribution in [1.29, 1.82) is 5.26 Å². The summed E-state index contributed by atoms with van der Waals surface area (Å²) in [6.07, 6.45) is 3.01. The minimum Gasteiger partial charge on any atom is -0.323 e. The fraction of sp³-hybridized carbons (Fsp3) is 0.227. The molecule has 1 aliphatic carbocycles. The van der Waals surface area contributed by atoms with Crippen LogP contribution in [0.4, 0.5) is 5.00 Å². The van der Waals surface area contributed by atoms with Crippen molar-refractivity contribution in [3.63, 3.8) is 0 Å². The summed E-state index contributed by atoms with van der Waals surface area (Å²) in [6.45, 7) is 2.23. The Morgan fingerprint density at radius 3 is 2.86 bits per heavy atom. The van der Waals surface area contributed by atoms with E-state index in [0.29, 0.717) is 17.0 Å². The van der Waals surface area contributed by atoms with Gasteiger partial charge in [-0.15, -0.1) is 11.3 Å². The fourth-order valence-electron chi connectivity index (χ4n) is 3.69. The van der Waals surface area contributed by atoms with Crippen LogP contribution in [0, 0.1) is 17.2 Å². The van der Waals surface area contributed by atoms with Gasteiger partial charge in [-0.25, -0.2) is 0 Å². The molecule has 1 atom stereocenters. The summed E-state index contributed by atoms with van der Waals surface area (Å²) in [7, 11) is 0. The molecule has 4 nitrogen and oxygen atoms in total. The maximum absolute atomic E-state index is 12.8. The number of carbonyl (C=O) groups is 1. The molecule has 0 radical (unpaired) electrons. The third-order valence-electron chi connectivity index (χ3n) is 5.11. The molecule has 0 spiro atoms.